The van der Waals surface area contributed by atoms with Crippen molar-refractivity contribution in [1.29, 1.82) is 0 Å². The fraction of sp³-hybridized carbons (Fsp3) is 0.143. The van der Waals surface area contributed by atoms with Crippen LogP contribution in [0.3, 0.4) is 0 Å². The Balaban J connectivity index is 1.95. The highest BCUT2D eigenvalue weighted by atomic mass is 16.5. The number of primary amides is 1. The molecule has 31 heavy (non-hydrogen) atoms. The van der Waals surface area contributed by atoms with E-state index in [1.54, 1.807) is 24.3 Å². The van der Waals surface area contributed by atoms with Gasteiger partial charge in [-0.3, -0.25) is 19.7 Å². The zero-order valence-electron chi connectivity index (χ0n) is 16.7. The molecule has 2 aromatic rings. The highest BCUT2D eigenvalue weighted by molar-refractivity contribution is 6.39. The Labute approximate surface area is 177 Å². The quantitative estimate of drug-likeness (QED) is 0.503. The average Bonchev–Trinajstić information content (AvgIpc) is 2.75. The van der Waals surface area contributed by atoms with E-state index in [0.717, 1.165) is 4.90 Å². The molecule has 10 heteroatoms. The second-order valence-electron chi connectivity index (χ2n) is 6.32. The van der Waals surface area contributed by atoms with Crippen molar-refractivity contribution in [3.05, 3.63) is 53.6 Å². The van der Waals surface area contributed by atoms with Crippen LogP contribution in [0.2, 0.25) is 0 Å². The number of methoxy groups -OCH3 is 2. The number of ether oxygens (including phenoxy) is 3. The van der Waals surface area contributed by atoms with Crippen LogP contribution in [-0.4, -0.2) is 44.6 Å². The number of hydrogen-bond acceptors (Lipinski definition) is 7. The van der Waals surface area contributed by atoms with Gasteiger partial charge < -0.3 is 19.9 Å². The third kappa shape index (κ3) is 4.64. The van der Waals surface area contributed by atoms with Gasteiger partial charge in [-0.25, -0.2) is 9.69 Å². The zero-order valence-corrected chi connectivity index (χ0v) is 16.7. The van der Waals surface area contributed by atoms with Gasteiger partial charge in [0.25, 0.3) is 17.7 Å². The lowest BCUT2D eigenvalue weighted by Crippen LogP contribution is -2.54. The molecular weight excluding hydrogens is 406 g/mol. The van der Waals surface area contributed by atoms with E-state index < -0.39 is 23.8 Å². The van der Waals surface area contributed by atoms with E-state index >= 15 is 0 Å². The third-order valence-corrected chi connectivity index (χ3v) is 4.30. The molecule has 1 heterocycles. The van der Waals surface area contributed by atoms with Gasteiger partial charge in [-0.05, 0) is 48.0 Å². The van der Waals surface area contributed by atoms with Crippen LogP contribution >= 0.6 is 0 Å². The minimum absolute atomic E-state index is 0.197. The molecule has 160 valence electrons. The molecule has 0 aliphatic carbocycles. The van der Waals surface area contributed by atoms with E-state index in [1.165, 1.54) is 38.5 Å². The standard InChI is InChI=1S/C21H19N3O7/c1-29-14-6-4-13(5-7-14)24-20(27)15(19(26)23-21(24)28)9-12-3-8-16(30-2)17(10-12)31-11-18(22)25/h3-10H,11H2,1-2H3,(H2,22,25)(H,23,26,28)/b15-9-. The van der Waals surface area contributed by atoms with Gasteiger partial charge in [0.2, 0.25) is 0 Å². The van der Waals surface area contributed by atoms with Crippen LogP contribution in [0.15, 0.2) is 48.0 Å². The molecule has 1 aliphatic heterocycles. The minimum Gasteiger partial charge on any atom is -0.497 e. The van der Waals surface area contributed by atoms with Crippen molar-refractivity contribution in [1.82, 2.24) is 5.32 Å². The number of carbonyl (C=O) groups is 4. The average molecular weight is 425 g/mol. The molecule has 0 radical (unpaired) electrons. The monoisotopic (exact) mass is 425 g/mol. The molecule has 10 nitrogen and oxygen atoms in total. The van der Waals surface area contributed by atoms with Crippen molar-refractivity contribution in [2.75, 3.05) is 25.7 Å². The lowest BCUT2D eigenvalue weighted by atomic mass is 10.1. The van der Waals surface area contributed by atoms with Gasteiger partial charge in [0.1, 0.15) is 11.3 Å². The number of anilines is 1. The number of nitrogens with zero attached hydrogens (tertiary/aromatic N) is 1. The summed E-state index contributed by atoms with van der Waals surface area (Å²) in [7, 11) is 2.91. The summed E-state index contributed by atoms with van der Waals surface area (Å²) in [5.74, 6) is -1.24. The largest absolute Gasteiger partial charge is 0.497 e. The normalized spacial score (nSPS) is 15.0. The van der Waals surface area contributed by atoms with Crippen molar-refractivity contribution < 1.29 is 33.4 Å². The van der Waals surface area contributed by atoms with Gasteiger partial charge in [0.05, 0.1) is 19.9 Å². The summed E-state index contributed by atoms with van der Waals surface area (Å²) in [4.78, 5) is 49.4. The highest BCUT2D eigenvalue weighted by Gasteiger charge is 2.36. The molecule has 1 saturated heterocycles. The zero-order chi connectivity index (χ0) is 22.5. The van der Waals surface area contributed by atoms with Gasteiger partial charge in [0, 0.05) is 0 Å². The lowest BCUT2D eigenvalue weighted by molar-refractivity contribution is -0.123. The van der Waals surface area contributed by atoms with Crippen molar-refractivity contribution >= 4 is 35.5 Å². The summed E-state index contributed by atoms with van der Waals surface area (Å²) < 4.78 is 15.5. The third-order valence-electron chi connectivity index (χ3n) is 4.30. The topological polar surface area (TPSA) is 137 Å². The predicted octanol–water partition coefficient (Wildman–Crippen LogP) is 1.23. The molecule has 3 rings (SSSR count). The molecule has 5 amide bonds. The number of hydrogen-bond donors (Lipinski definition) is 2. The van der Waals surface area contributed by atoms with Crippen molar-refractivity contribution in [3.8, 4) is 17.2 Å². The SMILES string of the molecule is COc1ccc(N2C(=O)NC(=O)/C(=C/c3ccc(OC)c(OCC(N)=O)c3)C2=O)cc1. The molecule has 1 fully saturated rings. The fourth-order valence-corrected chi connectivity index (χ4v) is 2.83. The van der Waals surface area contributed by atoms with Crippen LogP contribution < -0.4 is 30.2 Å². The van der Waals surface area contributed by atoms with E-state index in [2.05, 4.69) is 5.32 Å². The van der Waals surface area contributed by atoms with Crippen LogP contribution in [0.5, 0.6) is 17.2 Å². The number of carbonyl (C=O) groups excluding carboxylic acids is 4. The molecule has 0 bridgehead atoms. The van der Waals surface area contributed by atoms with Crippen LogP contribution in [0.1, 0.15) is 5.56 Å². The first kappa shape index (κ1) is 21.4. The Kier molecular flexibility index (Phi) is 6.20. The van der Waals surface area contributed by atoms with Crippen LogP contribution in [-0.2, 0) is 14.4 Å². The Bertz CT molecular complexity index is 1080. The Morgan fingerprint density at radius 1 is 1.03 bits per heavy atom. The number of imide groups is 2. The summed E-state index contributed by atoms with van der Waals surface area (Å²) in [6.07, 6.45) is 1.30. The number of nitrogens with two attached hydrogens (primary N) is 1. The van der Waals surface area contributed by atoms with Gasteiger partial charge in [0.15, 0.2) is 18.1 Å². The number of nitrogens with one attached hydrogen (secondary N) is 1. The molecule has 2 aromatic carbocycles. The van der Waals surface area contributed by atoms with Gasteiger partial charge in [-0.1, -0.05) is 6.07 Å². The fourth-order valence-electron chi connectivity index (χ4n) is 2.83. The van der Waals surface area contributed by atoms with E-state index in [9.17, 15) is 19.2 Å². The lowest BCUT2D eigenvalue weighted by Gasteiger charge is -2.26. The number of rotatable bonds is 7. The highest BCUT2D eigenvalue weighted by Crippen LogP contribution is 2.30. The van der Waals surface area contributed by atoms with E-state index in [4.69, 9.17) is 19.9 Å². The van der Waals surface area contributed by atoms with Gasteiger partial charge in [-0.15, -0.1) is 0 Å². The van der Waals surface area contributed by atoms with Crippen molar-refractivity contribution in [3.63, 3.8) is 0 Å². The van der Waals surface area contributed by atoms with Crippen molar-refractivity contribution in [2.45, 2.75) is 0 Å². The van der Waals surface area contributed by atoms with Crippen LogP contribution in [0, 0.1) is 0 Å². The summed E-state index contributed by atoms with van der Waals surface area (Å²) in [5, 5.41) is 2.15. The summed E-state index contributed by atoms with van der Waals surface area (Å²) in [6.45, 7) is -0.379. The first-order chi connectivity index (χ1) is 14.8. The van der Waals surface area contributed by atoms with Gasteiger partial charge in [-0.2, -0.15) is 0 Å². The maximum absolute atomic E-state index is 13.0. The number of amides is 5. The Morgan fingerprint density at radius 3 is 2.35 bits per heavy atom. The maximum Gasteiger partial charge on any atom is 0.335 e. The molecule has 0 spiro atoms. The number of benzene rings is 2. The molecule has 0 aromatic heterocycles. The number of urea groups is 1. The second kappa shape index (κ2) is 8.99. The maximum atomic E-state index is 13.0. The molecule has 0 unspecified atom stereocenters. The predicted molar refractivity (Wildman–Crippen MR) is 110 cm³/mol. The number of barbiturate groups is 1. The minimum atomic E-state index is -0.863. The summed E-state index contributed by atoms with van der Waals surface area (Å²) >= 11 is 0. The first-order valence-corrected chi connectivity index (χ1v) is 8.98. The second-order valence-corrected chi connectivity index (χ2v) is 6.32. The van der Waals surface area contributed by atoms with Gasteiger partial charge >= 0.3 is 6.03 Å². The first-order valence-electron chi connectivity index (χ1n) is 8.98. The molecule has 3 N–H and O–H groups in total. The summed E-state index contributed by atoms with van der Waals surface area (Å²) in [6, 6.07) is 9.95. The molecular formula is C21H19N3O7. The smallest absolute Gasteiger partial charge is 0.335 e. The van der Waals surface area contributed by atoms with Crippen molar-refractivity contribution in [2.24, 2.45) is 5.73 Å². The molecule has 0 atom stereocenters. The van der Waals surface area contributed by atoms with Crippen LogP contribution in [0.4, 0.5) is 10.5 Å². The Hall–Kier alpha value is -4.34. The summed E-state index contributed by atoms with van der Waals surface area (Å²) in [5.41, 5.74) is 5.51. The van der Waals surface area contributed by atoms with Crippen LogP contribution in [0.25, 0.3) is 6.08 Å². The Morgan fingerprint density at radius 2 is 1.74 bits per heavy atom. The van der Waals surface area contributed by atoms with E-state index in [1.807, 2.05) is 0 Å². The van der Waals surface area contributed by atoms with E-state index in [-0.39, 0.29) is 23.6 Å². The molecule has 1 aliphatic rings. The van der Waals surface area contributed by atoms with E-state index in [0.29, 0.717) is 17.1 Å². The molecule has 0 saturated carbocycles.